The lowest BCUT2D eigenvalue weighted by atomic mass is 10.0. The van der Waals surface area contributed by atoms with Crippen LogP contribution in [-0.4, -0.2) is 47.0 Å². The minimum absolute atomic E-state index is 0.0449. The fraction of sp³-hybridized carbons (Fsp3) is 0.423. The van der Waals surface area contributed by atoms with E-state index in [1.165, 1.54) is 6.07 Å². The van der Waals surface area contributed by atoms with Crippen LogP contribution in [0.4, 0.5) is 13.6 Å². The molecule has 1 aliphatic rings. The van der Waals surface area contributed by atoms with Crippen molar-refractivity contribution in [1.82, 2.24) is 15.1 Å². The second kappa shape index (κ2) is 10.6. The summed E-state index contributed by atoms with van der Waals surface area (Å²) in [6.07, 6.45) is 3.72. The fourth-order valence-corrected chi connectivity index (χ4v) is 3.97. The number of hydrogen-bond acceptors (Lipinski definition) is 6. The van der Waals surface area contributed by atoms with Crippen molar-refractivity contribution < 1.29 is 32.6 Å². The molecule has 192 valence electrons. The van der Waals surface area contributed by atoms with Crippen LogP contribution in [0.2, 0.25) is 0 Å². The number of benzene rings is 2. The molecule has 1 fully saturated rings. The van der Waals surface area contributed by atoms with Crippen LogP contribution in [-0.2, 0) is 9.47 Å². The van der Waals surface area contributed by atoms with Gasteiger partial charge in [-0.25, -0.2) is 18.3 Å². The van der Waals surface area contributed by atoms with E-state index in [9.17, 15) is 18.4 Å². The number of nitrogens with zero attached hydrogens (tertiary/aromatic N) is 2. The molecule has 0 aliphatic carbocycles. The van der Waals surface area contributed by atoms with Gasteiger partial charge < -0.3 is 19.5 Å². The van der Waals surface area contributed by atoms with Crippen molar-refractivity contribution >= 4 is 22.8 Å². The first-order chi connectivity index (χ1) is 17.1. The van der Waals surface area contributed by atoms with Crippen LogP contribution in [0, 0.1) is 11.6 Å². The third-order valence-corrected chi connectivity index (χ3v) is 5.57. The maximum absolute atomic E-state index is 14.8. The SMILES string of the molecule is CC(C)(C)OC(=O)NCCOc1cc(F)c(C(=O)c2ccc3c(cnn3C3CCCCO3)c2)c(F)c1. The molecular weight excluding hydrogens is 472 g/mol. The quantitative estimate of drug-likeness (QED) is 0.356. The largest absolute Gasteiger partial charge is 0.492 e. The molecule has 1 saturated heterocycles. The van der Waals surface area contributed by atoms with Crippen LogP contribution >= 0.6 is 0 Å². The number of aromatic nitrogens is 2. The second-order valence-corrected chi connectivity index (χ2v) is 9.55. The van der Waals surface area contributed by atoms with Crippen molar-refractivity contribution in [1.29, 1.82) is 0 Å². The van der Waals surface area contributed by atoms with Crippen molar-refractivity contribution in [2.45, 2.75) is 51.9 Å². The first-order valence-corrected chi connectivity index (χ1v) is 11.8. The summed E-state index contributed by atoms with van der Waals surface area (Å²) in [4.78, 5) is 24.6. The van der Waals surface area contributed by atoms with Gasteiger partial charge in [0.25, 0.3) is 0 Å². The van der Waals surface area contributed by atoms with Crippen molar-refractivity contribution in [2.75, 3.05) is 19.8 Å². The summed E-state index contributed by atoms with van der Waals surface area (Å²) in [5.74, 6) is -2.97. The molecular formula is C26H29F2N3O5. The van der Waals surface area contributed by atoms with Crippen molar-refractivity contribution in [3.8, 4) is 5.75 Å². The Morgan fingerprint density at radius 3 is 2.58 bits per heavy atom. The highest BCUT2D eigenvalue weighted by atomic mass is 19.1. The Hall–Kier alpha value is -3.53. The average molecular weight is 502 g/mol. The molecule has 10 heteroatoms. The van der Waals surface area contributed by atoms with Crippen molar-refractivity contribution in [2.24, 2.45) is 0 Å². The predicted molar refractivity (Wildman–Crippen MR) is 128 cm³/mol. The molecule has 8 nitrogen and oxygen atoms in total. The molecule has 0 spiro atoms. The number of halogens is 2. The number of hydrogen-bond donors (Lipinski definition) is 1. The summed E-state index contributed by atoms with van der Waals surface area (Å²) >= 11 is 0. The molecule has 2 heterocycles. The zero-order valence-corrected chi connectivity index (χ0v) is 20.5. The lowest BCUT2D eigenvalue weighted by molar-refractivity contribution is -0.0366. The van der Waals surface area contributed by atoms with Gasteiger partial charge in [0.1, 0.15) is 29.6 Å². The normalized spacial score (nSPS) is 16.1. The Balaban J connectivity index is 1.43. The van der Waals surface area contributed by atoms with E-state index in [0.29, 0.717) is 12.0 Å². The monoisotopic (exact) mass is 501 g/mol. The number of carbonyl (C=O) groups excluding carboxylic acids is 2. The summed E-state index contributed by atoms with van der Waals surface area (Å²) in [6, 6.07) is 6.69. The van der Waals surface area contributed by atoms with Crippen LogP contribution in [0.1, 0.15) is 62.2 Å². The first kappa shape index (κ1) is 25.6. The number of carbonyl (C=O) groups is 2. The number of fused-ring (bicyclic) bond motifs is 1. The molecule has 0 radical (unpaired) electrons. The van der Waals surface area contributed by atoms with Crippen molar-refractivity contribution in [3.63, 3.8) is 0 Å². The summed E-state index contributed by atoms with van der Waals surface area (Å²) in [6.45, 7) is 5.88. The van der Waals surface area contributed by atoms with E-state index in [-0.39, 0.29) is 30.7 Å². The molecule has 36 heavy (non-hydrogen) atoms. The Morgan fingerprint density at radius 2 is 1.92 bits per heavy atom. The number of rotatable bonds is 7. The van der Waals surface area contributed by atoms with Gasteiger partial charge in [0.2, 0.25) is 0 Å². The highest BCUT2D eigenvalue weighted by Crippen LogP contribution is 2.28. The van der Waals surface area contributed by atoms with E-state index in [0.717, 1.165) is 36.9 Å². The van der Waals surface area contributed by atoms with E-state index in [4.69, 9.17) is 14.2 Å². The first-order valence-electron chi connectivity index (χ1n) is 11.8. The standard InChI is InChI=1S/C26H29F2N3O5/c1-26(2,3)36-25(33)29-9-11-34-18-13-19(27)23(20(28)14-18)24(32)16-7-8-21-17(12-16)15-30-31(21)22-6-4-5-10-35-22/h7-8,12-15,22H,4-6,9-11H2,1-3H3,(H,29,33). The molecule has 1 N–H and O–H groups in total. The van der Waals surface area contributed by atoms with E-state index in [2.05, 4.69) is 10.4 Å². The molecule has 4 rings (SSSR count). The molecule has 2 aromatic carbocycles. The molecule has 1 atom stereocenters. The Morgan fingerprint density at radius 1 is 1.17 bits per heavy atom. The van der Waals surface area contributed by atoms with Gasteiger partial charge in [-0.3, -0.25) is 4.79 Å². The van der Waals surface area contributed by atoms with Crippen molar-refractivity contribution in [3.05, 3.63) is 59.3 Å². The maximum atomic E-state index is 14.8. The summed E-state index contributed by atoms with van der Waals surface area (Å²) in [5, 5.41) is 7.54. The zero-order chi connectivity index (χ0) is 25.9. The summed E-state index contributed by atoms with van der Waals surface area (Å²) in [5.41, 5.74) is -0.395. The van der Waals surface area contributed by atoms with Gasteiger partial charge in [0.05, 0.1) is 23.8 Å². The molecule has 1 unspecified atom stereocenters. The fourth-order valence-electron chi connectivity index (χ4n) is 3.97. The third kappa shape index (κ3) is 5.99. The molecule has 0 saturated carbocycles. The topological polar surface area (TPSA) is 91.7 Å². The molecule has 1 amide bonds. The van der Waals surface area contributed by atoms with E-state index >= 15 is 0 Å². The number of ketones is 1. The summed E-state index contributed by atoms with van der Waals surface area (Å²) < 4.78 is 47.5. The lowest BCUT2D eigenvalue weighted by Crippen LogP contribution is -2.34. The smallest absolute Gasteiger partial charge is 0.407 e. The molecule has 1 aliphatic heterocycles. The zero-order valence-electron chi connectivity index (χ0n) is 20.5. The van der Waals surface area contributed by atoms with E-state index < -0.39 is 34.7 Å². The number of nitrogens with one attached hydrogen (secondary N) is 1. The maximum Gasteiger partial charge on any atom is 0.407 e. The van der Waals surface area contributed by atoms with Gasteiger partial charge in [0.15, 0.2) is 12.0 Å². The van der Waals surface area contributed by atoms with Gasteiger partial charge in [-0.1, -0.05) is 0 Å². The highest BCUT2D eigenvalue weighted by molar-refractivity contribution is 6.10. The van der Waals surface area contributed by atoms with Crippen LogP contribution in [0.3, 0.4) is 0 Å². The Kier molecular flexibility index (Phi) is 7.53. The number of ether oxygens (including phenoxy) is 3. The van der Waals surface area contributed by atoms with Crippen LogP contribution in [0.25, 0.3) is 10.9 Å². The number of alkyl carbamates (subject to hydrolysis) is 1. The van der Waals surface area contributed by atoms with Gasteiger partial charge in [-0.2, -0.15) is 5.10 Å². The highest BCUT2D eigenvalue weighted by Gasteiger charge is 2.23. The van der Waals surface area contributed by atoms with Crippen LogP contribution < -0.4 is 10.1 Å². The molecule has 3 aromatic rings. The van der Waals surface area contributed by atoms with Gasteiger partial charge in [-0.05, 0) is 58.2 Å². The second-order valence-electron chi connectivity index (χ2n) is 9.55. The van der Waals surface area contributed by atoms with Gasteiger partial charge in [0, 0.05) is 29.7 Å². The van der Waals surface area contributed by atoms with E-state index in [1.807, 2.05) is 0 Å². The Bertz CT molecular complexity index is 1240. The number of amides is 1. The van der Waals surface area contributed by atoms with Crippen LogP contribution in [0.15, 0.2) is 36.5 Å². The van der Waals surface area contributed by atoms with Crippen LogP contribution in [0.5, 0.6) is 5.75 Å². The minimum Gasteiger partial charge on any atom is -0.492 e. The van der Waals surface area contributed by atoms with Gasteiger partial charge in [-0.15, -0.1) is 0 Å². The third-order valence-electron chi connectivity index (χ3n) is 5.57. The lowest BCUT2D eigenvalue weighted by Gasteiger charge is -2.23. The molecule has 0 bridgehead atoms. The summed E-state index contributed by atoms with van der Waals surface area (Å²) in [7, 11) is 0. The minimum atomic E-state index is -1.04. The van der Waals surface area contributed by atoms with E-state index in [1.54, 1.807) is 43.8 Å². The Labute approximate surface area is 207 Å². The predicted octanol–water partition coefficient (Wildman–Crippen LogP) is 5.15. The molecule has 1 aromatic heterocycles. The van der Waals surface area contributed by atoms with Gasteiger partial charge >= 0.3 is 6.09 Å². The average Bonchev–Trinajstić information content (AvgIpc) is 3.24.